The lowest BCUT2D eigenvalue weighted by molar-refractivity contribution is 0.196. The quantitative estimate of drug-likeness (QED) is 0.811. The summed E-state index contributed by atoms with van der Waals surface area (Å²) in [6.45, 7) is 2.26. The van der Waals surface area contributed by atoms with Gasteiger partial charge in [-0.3, -0.25) is 0 Å². The van der Waals surface area contributed by atoms with E-state index in [0.717, 1.165) is 11.5 Å². The minimum absolute atomic E-state index is 0.0417. The summed E-state index contributed by atoms with van der Waals surface area (Å²) in [6, 6.07) is 5.70. The molecule has 0 saturated heterocycles. The highest BCUT2D eigenvalue weighted by molar-refractivity contribution is 6.35. The molecule has 1 fully saturated rings. The molecule has 3 unspecified atom stereocenters. The molecule has 1 nitrogen and oxygen atoms in total. The van der Waals surface area contributed by atoms with E-state index in [0.29, 0.717) is 16.0 Å². The second-order valence-electron chi connectivity index (χ2n) is 5.31. The SMILES string of the molecule is CCC1CCCCC1C(N)c1ccc(Cl)cc1Cl. The van der Waals surface area contributed by atoms with E-state index in [1.54, 1.807) is 6.07 Å². The van der Waals surface area contributed by atoms with Gasteiger partial charge < -0.3 is 5.73 Å². The molecule has 0 aliphatic heterocycles. The van der Waals surface area contributed by atoms with Crippen LogP contribution in [0.25, 0.3) is 0 Å². The van der Waals surface area contributed by atoms with Gasteiger partial charge in [-0.15, -0.1) is 0 Å². The monoisotopic (exact) mass is 285 g/mol. The third kappa shape index (κ3) is 3.01. The molecule has 1 aliphatic rings. The molecule has 1 aromatic rings. The minimum atomic E-state index is 0.0417. The van der Waals surface area contributed by atoms with E-state index in [9.17, 15) is 0 Å². The summed E-state index contributed by atoms with van der Waals surface area (Å²) in [5, 5.41) is 1.38. The fourth-order valence-electron chi connectivity index (χ4n) is 3.22. The molecule has 0 heterocycles. The van der Waals surface area contributed by atoms with Gasteiger partial charge >= 0.3 is 0 Å². The van der Waals surface area contributed by atoms with E-state index in [1.807, 2.05) is 12.1 Å². The number of halogens is 2. The van der Waals surface area contributed by atoms with Gasteiger partial charge in [0.15, 0.2) is 0 Å². The zero-order valence-corrected chi connectivity index (χ0v) is 12.3. The fourth-order valence-corrected chi connectivity index (χ4v) is 3.75. The van der Waals surface area contributed by atoms with E-state index >= 15 is 0 Å². The molecule has 0 bridgehead atoms. The van der Waals surface area contributed by atoms with Gasteiger partial charge in [0.1, 0.15) is 0 Å². The second kappa shape index (κ2) is 6.27. The van der Waals surface area contributed by atoms with Crippen molar-refractivity contribution in [2.75, 3.05) is 0 Å². The first-order valence-electron chi connectivity index (χ1n) is 6.84. The van der Waals surface area contributed by atoms with Crippen molar-refractivity contribution < 1.29 is 0 Å². The van der Waals surface area contributed by atoms with Gasteiger partial charge in [-0.1, -0.05) is 61.9 Å². The average Bonchev–Trinajstić information content (AvgIpc) is 2.38. The molecule has 1 aromatic carbocycles. The van der Waals surface area contributed by atoms with Crippen LogP contribution >= 0.6 is 23.2 Å². The normalized spacial score (nSPS) is 26.0. The summed E-state index contributed by atoms with van der Waals surface area (Å²) in [4.78, 5) is 0. The second-order valence-corrected chi connectivity index (χ2v) is 6.15. The molecule has 1 saturated carbocycles. The summed E-state index contributed by atoms with van der Waals surface area (Å²) < 4.78 is 0. The Morgan fingerprint density at radius 1 is 1.28 bits per heavy atom. The molecular weight excluding hydrogens is 265 g/mol. The summed E-state index contributed by atoms with van der Waals surface area (Å²) in [6.07, 6.45) is 6.37. The van der Waals surface area contributed by atoms with Crippen LogP contribution in [0.15, 0.2) is 18.2 Å². The number of rotatable bonds is 3. The third-order valence-corrected chi connectivity index (χ3v) is 4.84. The Morgan fingerprint density at radius 3 is 2.67 bits per heavy atom. The topological polar surface area (TPSA) is 26.0 Å². The molecule has 2 rings (SSSR count). The van der Waals surface area contributed by atoms with E-state index < -0.39 is 0 Å². The van der Waals surface area contributed by atoms with Crippen LogP contribution < -0.4 is 5.73 Å². The van der Waals surface area contributed by atoms with Crippen molar-refractivity contribution >= 4 is 23.2 Å². The Labute approximate surface area is 120 Å². The maximum Gasteiger partial charge on any atom is 0.0468 e. The number of nitrogens with two attached hydrogens (primary N) is 1. The lowest BCUT2D eigenvalue weighted by Gasteiger charge is -2.35. The van der Waals surface area contributed by atoms with Crippen molar-refractivity contribution in [2.45, 2.75) is 45.1 Å². The molecular formula is C15H21Cl2N. The van der Waals surface area contributed by atoms with Crippen LogP contribution in [-0.4, -0.2) is 0 Å². The Morgan fingerprint density at radius 2 is 2.00 bits per heavy atom. The predicted octanol–water partition coefficient (Wildman–Crippen LogP) is 5.21. The minimum Gasteiger partial charge on any atom is -0.324 e. The van der Waals surface area contributed by atoms with Gasteiger partial charge in [-0.05, 0) is 36.0 Å². The zero-order chi connectivity index (χ0) is 13.1. The van der Waals surface area contributed by atoms with Gasteiger partial charge in [0, 0.05) is 16.1 Å². The van der Waals surface area contributed by atoms with E-state index in [-0.39, 0.29) is 6.04 Å². The molecule has 1 aliphatic carbocycles. The maximum absolute atomic E-state index is 6.46. The highest BCUT2D eigenvalue weighted by Gasteiger charge is 2.30. The highest BCUT2D eigenvalue weighted by Crippen LogP contribution is 2.41. The average molecular weight is 286 g/mol. The Balaban J connectivity index is 2.20. The summed E-state index contributed by atoms with van der Waals surface area (Å²) in [7, 11) is 0. The van der Waals surface area contributed by atoms with Crippen molar-refractivity contribution in [3.8, 4) is 0 Å². The first-order chi connectivity index (χ1) is 8.63. The molecule has 18 heavy (non-hydrogen) atoms. The first-order valence-corrected chi connectivity index (χ1v) is 7.59. The largest absolute Gasteiger partial charge is 0.324 e. The fraction of sp³-hybridized carbons (Fsp3) is 0.600. The standard InChI is InChI=1S/C15H21Cl2N/c1-2-10-5-3-4-6-12(10)15(18)13-8-7-11(16)9-14(13)17/h7-10,12,15H,2-6,18H2,1H3. The Kier molecular flexibility index (Phi) is 4.94. The Hall–Kier alpha value is -0.240. The summed E-state index contributed by atoms with van der Waals surface area (Å²) >= 11 is 12.2. The highest BCUT2D eigenvalue weighted by atomic mass is 35.5. The van der Waals surface area contributed by atoms with Crippen LogP contribution in [0.3, 0.4) is 0 Å². The number of hydrogen-bond donors (Lipinski definition) is 1. The van der Waals surface area contributed by atoms with Gasteiger partial charge in [0.25, 0.3) is 0 Å². The molecule has 100 valence electrons. The van der Waals surface area contributed by atoms with Crippen molar-refractivity contribution in [1.29, 1.82) is 0 Å². The van der Waals surface area contributed by atoms with Crippen LogP contribution in [0.2, 0.25) is 10.0 Å². The van der Waals surface area contributed by atoms with E-state index in [1.165, 1.54) is 32.1 Å². The first kappa shape index (κ1) is 14.2. The Bertz CT molecular complexity index is 405. The molecule has 2 N–H and O–H groups in total. The summed E-state index contributed by atoms with van der Waals surface area (Å²) in [5.74, 6) is 1.29. The maximum atomic E-state index is 6.46. The summed E-state index contributed by atoms with van der Waals surface area (Å²) in [5.41, 5.74) is 7.51. The lowest BCUT2D eigenvalue weighted by Crippen LogP contribution is -2.30. The zero-order valence-electron chi connectivity index (χ0n) is 10.8. The van der Waals surface area contributed by atoms with Crippen molar-refractivity contribution in [1.82, 2.24) is 0 Å². The molecule has 0 amide bonds. The van der Waals surface area contributed by atoms with Gasteiger partial charge in [0.05, 0.1) is 0 Å². The lowest BCUT2D eigenvalue weighted by atomic mass is 9.72. The molecule has 3 atom stereocenters. The molecule has 0 radical (unpaired) electrons. The molecule has 0 aromatic heterocycles. The van der Waals surface area contributed by atoms with Crippen molar-refractivity contribution in [2.24, 2.45) is 17.6 Å². The van der Waals surface area contributed by atoms with Crippen molar-refractivity contribution in [3.63, 3.8) is 0 Å². The smallest absolute Gasteiger partial charge is 0.0468 e. The van der Waals surface area contributed by atoms with E-state index in [2.05, 4.69) is 6.92 Å². The van der Waals surface area contributed by atoms with Crippen LogP contribution in [0.1, 0.15) is 50.6 Å². The van der Waals surface area contributed by atoms with Crippen LogP contribution in [0.5, 0.6) is 0 Å². The number of benzene rings is 1. The van der Waals surface area contributed by atoms with Crippen LogP contribution in [0, 0.1) is 11.8 Å². The number of hydrogen-bond acceptors (Lipinski definition) is 1. The molecule has 3 heteroatoms. The van der Waals surface area contributed by atoms with Gasteiger partial charge in [0.2, 0.25) is 0 Å². The van der Waals surface area contributed by atoms with Crippen LogP contribution in [0.4, 0.5) is 0 Å². The van der Waals surface area contributed by atoms with Gasteiger partial charge in [-0.25, -0.2) is 0 Å². The van der Waals surface area contributed by atoms with E-state index in [4.69, 9.17) is 28.9 Å². The predicted molar refractivity (Wildman–Crippen MR) is 79.1 cm³/mol. The van der Waals surface area contributed by atoms with Gasteiger partial charge in [-0.2, -0.15) is 0 Å². The molecule has 0 spiro atoms. The van der Waals surface area contributed by atoms with Crippen molar-refractivity contribution in [3.05, 3.63) is 33.8 Å². The van der Waals surface area contributed by atoms with Crippen LogP contribution in [-0.2, 0) is 0 Å². The third-order valence-electron chi connectivity index (χ3n) is 4.28.